The summed E-state index contributed by atoms with van der Waals surface area (Å²) in [6.07, 6.45) is -5.44. The predicted octanol–water partition coefficient (Wildman–Crippen LogP) is 1.56. The van der Waals surface area contributed by atoms with Gasteiger partial charge in [0.05, 0.1) is 6.61 Å². The lowest BCUT2D eigenvalue weighted by Crippen LogP contribution is -2.33. The summed E-state index contributed by atoms with van der Waals surface area (Å²) in [4.78, 5) is 0. The molecule has 0 saturated carbocycles. The molecule has 0 heterocycles. The van der Waals surface area contributed by atoms with Gasteiger partial charge >= 0.3 is 6.36 Å². The summed E-state index contributed by atoms with van der Waals surface area (Å²) in [7, 11) is 1.58. The summed E-state index contributed by atoms with van der Waals surface area (Å²) in [5, 5.41) is 12.6. The minimum atomic E-state index is -4.72. The van der Waals surface area contributed by atoms with Crippen LogP contribution < -0.4 is 14.8 Å². The smallest absolute Gasteiger partial charge is 0.491 e. The van der Waals surface area contributed by atoms with Crippen LogP contribution in [0.2, 0.25) is 0 Å². The Bertz CT molecular complexity index is 397. The maximum Gasteiger partial charge on any atom is 0.573 e. The number of ether oxygens (including phenoxy) is 3. The van der Waals surface area contributed by atoms with Gasteiger partial charge in [0.15, 0.2) is 0 Å². The first-order valence-electron chi connectivity index (χ1n) is 6.27. The maximum atomic E-state index is 12.0. The summed E-state index contributed by atoms with van der Waals surface area (Å²) in [5.41, 5.74) is 0. The Kier molecular flexibility index (Phi) is 7.27. The molecule has 2 N–H and O–H groups in total. The molecule has 0 aliphatic rings. The van der Waals surface area contributed by atoms with E-state index in [0.717, 1.165) is 12.1 Å². The number of hydrogen-bond acceptors (Lipinski definition) is 5. The number of nitrogens with one attached hydrogen (secondary N) is 1. The molecule has 0 saturated heterocycles. The lowest BCUT2D eigenvalue weighted by molar-refractivity contribution is -0.274. The van der Waals surface area contributed by atoms with Gasteiger partial charge in [-0.25, -0.2) is 0 Å². The van der Waals surface area contributed by atoms with Gasteiger partial charge in [0, 0.05) is 20.2 Å². The molecule has 1 aromatic carbocycles. The quantitative estimate of drug-likeness (QED) is 0.678. The van der Waals surface area contributed by atoms with Crippen molar-refractivity contribution in [2.24, 2.45) is 0 Å². The molecule has 0 radical (unpaired) electrons. The summed E-state index contributed by atoms with van der Waals surface area (Å²) in [6, 6.07) is 4.97. The molecule has 1 aromatic rings. The largest absolute Gasteiger partial charge is 0.573 e. The van der Waals surface area contributed by atoms with Crippen LogP contribution in [0.1, 0.15) is 0 Å². The lowest BCUT2D eigenvalue weighted by Gasteiger charge is -2.14. The second kappa shape index (κ2) is 8.71. The fraction of sp³-hybridized carbons (Fsp3) is 0.538. The van der Waals surface area contributed by atoms with Crippen molar-refractivity contribution in [2.75, 3.05) is 33.4 Å². The summed E-state index contributed by atoms with van der Waals surface area (Å²) < 4.78 is 49.7. The van der Waals surface area contributed by atoms with Crippen LogP contribution in [0.15, 0.2) is 24.3 Å². The zero-order chi connectivity index (χ0) is 15.7. The first-order chi connectivity index (χ1) is 9.90. The number of benzene rings is 1. The topological polar surface area (TPSA) is 60.0 Å². The Balaban J connectivity index is 2.29. The van der Waals surface area contributed by atoms with E-state index in [-0.39, 0.29) is 12.4 Å². The van der Waals surface area contributed by atoms with E-state index in [2.05, 4.69) is 10.1 Å². The van der Waals surface area contributed by atoms with Crippen molar-refractivity contribution in [3.8, 4) is 11.5 Å². The molecule has 0 aliphatic heterocycles. The average Bonchev–Trinajstić information content (AvgIpc) is 2.41. The molecule has 1 rings (SSSR count). The van der Waals surface area contributed by atoms with E-state index >= 15 is 0 Å². The van der Waals surface area contributed by atoms with Crippen molar-refractivity contribution in [1.29, 1.82) is 0 Å². The zero-order valence-corrected chi connectivity index (χ0v) is 11.5. The second-order valence-corrected chi connectivity index (χ2v) is 4.18. The minimum absolute atomic E-state index is 0.0272. The van der Waals surface area contributed by atoms with E-state index < -0.39 is 12.5 Å². The van der Waals surface area contributed by atoms with Gasteiger partial charge in [-0.1, -0.05) is 0 Å². The second-order valence-electron chi connectivity index (χ2n) is 4.18. The molecule has 0 fully saturated rings. The minimum Gasteiger partial charge on any atom is -0.491 e. The molecule has 0 spiro atoms. The Morgan fingerprint density at radius 2 is 1.81 bits per heavy atom. The van der Waals surface area contributed by atoms with E-state index in [1.807, 2.05) is 0 Å². The molecular formula is C13H18F3NO4. The molecule has 1 unspecified atom stereocenters. The van der Waals surface area contributed by atoms with Gasteiger partial charge in [-0.15, -0.1) is 13.2 Å². The number of methoxy groups -OCH3 is 1. The number of halogens is 3. The highest BCUT2D eigenvalue weighted by Gasteiger charge is 2.30. The van der Waals surface area contributed by atoms with Crippen LogP contribution in [0.4, 0.5) is 13.2 Å². The van der Waals surface area contributed by atoms with Crippen LogP contribution >= 0.6 is 0 Å². The predicted molar refractivity (Wildman–Crippen MR) is 69.4 cm³/mol. The Labute approximate surface area is 120 Å². The molecule has 1 atom stereocenters. The third-order valence-corrected chi connectivity index (χ3v) is 2.36. The fourth-order valence-electron chi connectivity index (χ4n) is 1.43. The molecule has 5 nitrogen and oxygen atoms in total. The molecule has 8 heteroatoms. The number of alkyl halides is 3. The van der Waals surface area contributed by atoms with Crippen molar-refractivity contribution in [2.45, 2.75) is 12.5 Å². The van der Waals surface area contributed by atoms with E-state index in [9.17, 15) is 18.3 Å². The van der Waals surface area contributed by atoms with Crippen LogP contribution in [0.25, 0.3) is 0 Å². The first kappa shape index (κ1) is 17.5. The number of hydrogen-bond donors (Lipinski definition) is 2. The van der Waals surface area contributed by atoms with Crippen LogP contribution in [0.5, 0.6) is 11.5 Å². The molecule has 0 amide bonds. The third kappa shape index (κ3) is 8.38. The summed E-state index contributed by atoms with van der Waals surface area (Å²) >= 11 is 0. The number of rotatable bonds is 9. The molecule has 0 bridgehead atoms. The fourth-order valence-corrected chi connectivity index (χ4v) is 1.43. The molecule has 21 heavy (non-hydrogen) atoms. The highest BCUT2D eigenvalue weighted by molar-refractivity contribution is 5.31. The van der Waals surface area contributed by atoms with Crippen molar-refractivity contribution < 1.29 is 32.5 Å². The van der Waals surface area contributed by atoms with Crippen molar-refractivity contribution in [3.05, 3.63) is 24.3 Å². The molecule has 120 valence electrons. The highest BCUT2D eigenvalue weighted by Crippen LogP contribution is 2.24. The van der Waals surface area contributed by atoms with Crippen LogP contribution in [-0.4, -0.2) is 51.0 Å². The van der Waals surface area contributed by atoms with Gasteiger partial charge in [0.25, 0.3) is 0 Å². The van der Waals surface area contributed by atoms with Crippen LogP contribution in [-0.2, 0) is 4.74 Å². The van der Waals surface area contributed by atoms with Gasteiger partial charge in [0.1, 0.15) is 24.2 Å². The van der Waals surface area contributed by atoms with Crippen molar-refractivity contribution in [3.63, 3.8) is 0 Å². The number of aliphatic hydroxyl groups excluding tert-OH is 1. The first-order valence-corrected chi connectivity index (χ1v) is 6.27. The van der Waals surface area contributed by atoms with Crippen LogP contribution in [0, 0.1) is 0 Å². The van der Waals surface area contributed by atoms with E-state index in [0.29, 0.717) is 25.4 Å². The van der Waals surface area contributed by atoms with Gasteiger partial charge in [-0.2, -0.15) is 0 Å². The maximum absolute atomic E-state index is 12.0. The molecule has 0 aromatic heterocycles. The number of aliphatic hydroxyl groups is 1. The third-order valence-electron chi connectivity index (χ3n) is 2.36. The monoisotopic (exact) mass is 309 g/mol. The average molecular weight is 309 g/mol. The zero-order valence-electron chi connectivity index (χ0n) is 11.5. The van der Waals surface area contributed by atoms with Gasteiger partial charge in [0.2, 0.25) is 0 Å². The van der Waals surface area contributed by atoms with E-state index in [1.54, 1.807) is 7.11 Å². The SMILES string of the molecule is COCCNCC(O)COc1ccc(OC(F)(F)F)cc1. The van der Waals surface area contributed by atoms with Gasteiger partial charge in [-0.05, 0) is 24.3 Å². The molecule has 0 aliphatic carbocycles. The summed E-state index contributed by atoms with van der Waals surface area (Å²) in [5.74, 6) is 0.0251. The highest BCUT2D eigenvalue weighted by atomic mass is 19.4. The van der Waals surface area contributed by atoms with Gasteiger partial charge < -0.3 is 24.6 Å². The Morgan fingerprint density at radius 3 is 2.38 bits per heavy atom. The molecular weight excluding hydrogens is 291 g/mol. The van der Waals surface area contributed by atoms with E-state index in [1.165, 1.54) is 12.1 Å². The van der Waals surface area contributed by atoms with Crippen molar-refractivity contribution in [1.82, 2.24) is 5.32 Å². The Morgan fingerprint density at radius 1 is 1.19 bits per heavy atom. The standard InChI is InChI=1S/C13H18F3NO4/c1-19-7-6-17-8-10(18)9-20-11-2-4-12(5-3-11)21-13(14,15)16/h2-5,10,17-18H,6-9H2,1H3. The van der Waals surface area contributed by atoms with E-state index in [4.69, 9.17) is 9.47 Å². The van der Waals surface area contributed by atoms with Crippen molar-refractivity contribution >= 4 is 0 Å². The normalized spacial score (nSPS) is 13.0. The van der Waals surface area contributed by atoms with Crippen LogP contribution in [0.3, 0.4) is 0 Å². The van der Waals surface area contributed by atoms with Gasteiger partial charge in [-0.3, -0.25) is 0 Å². The Hall–Kier alpha value is -1.51. The summed E-state index contributed by atoms with van der Waals surface area (Å²) in [6.45, 7) is 1.50. The lowest BCUT2D eigenvalue weighted by atomic mass is 10.3.